The summed E-state index contributed by atoms with van der Waals surface area (Å²) in [4.78, 5) is 22.7. The highest BCUT2D eigenvalue weighted by Gasteiger charge is 2.20. The van der Waals surface area contributed by atoms with Crippen molar-refractivity contribution in [3.63, 3.8) is 0 Å². The lowest BCUT2D eigenvalue weighted by molar-refractivity contribution is -0.128. The number of nitrogens with one attached hydrogen (secondary N) is 2. The van der Waals surface area contributed by atoms with Gasteiger partial charge in [0.2, 0.25) is 11.8 Å². The summed E-state index contributed by atoms with van der Waals surface area (Å²) < 4.78 is 0. The smallest absolute Gasteiger partial charge is 0.225 e. The summed E-state index contributed by atoms with van der Waals surface area (Å²) in [5.74, 6) is -0.0988. The van der Waals surface area contributed by atoms with Crippen LogP contribution >= 0.6 is 0 Å². The van der Waals surface area contributed by atoms with E-state index in [1.165, 1.54) is 6.92 Å². The molecule has 0 radical (unpaired) electrons. The summed E-state index contributed by atoms with van der Waals surface area (Å²) in [7, 11) is 0. The van der Waals surface area contributed by atoms with Crippen LogP contribution in [-0.4, -0.2) is 11.8 Å². The van der Waals surface area contributed by atoms with Gasteiger partial charge in [0.1, 0.15) is 0 Å². The number of carbonyl (C=O) groups excluding carboxylic acids is 2. The van der Waals surface area contributed by atoms with Crippen LogP contribution < -0.4 is 10.6 Å². The van der Waals surface area contributed by atoms with Crippen molar-refractivity contribution in [1.29, 1.82) is 0 Å². The zero-order valence-electron chi connectivity index (χ0n) is 11.3. The Kier molecular flexibility index (Phi) is 4.48. The molecule has 0 unspecified atom stereocenters. The van der Waals surface area contributed by atoms with Crippen LogP contribution in [0.2, 0.25) is 0 Å². The number of anilines is 1. The number of amides is 2. The first-order chi connectivity index (χ1) is 8.29. The predicted octanol–water partition coefficient (Wildman–Crippen LogP) is 2.31. The SMILES string of the molecule is CC(=O)Nc1cccc(CNC(=O)C(C)(C)C)c1. The van der Waals surface area contributed by atoms with E-state index < -0.39 is 5.41 Å². The third-order valence-electron chi connectivity index (χ3n) is 2.38. The zero-order chi connectivity index (χ0) is 13.8. The molecule has 0 aliphatic heterocycles. The summed E-state index contributed by atoms with van der Waals surface area (Å²) in [5.41, 5.74) is 1.30. The third-order valence-corrected chi connectivity index (χ3v) is 2.38. The fraction of sp³-hybridized carbons (Fsp3) is 0.429. The van der Waals surface area contributed by atoms with E-state index in [0.717, 1.165) is 11.3 Å². The Hall–Kier alpha value is -1.84. The first-order valence-corrected chi connectivity index (χ1v) is 5.94. The minimum Gasteiger partial charge on any atom is -0.352 e. The molecule has 18 heavy (non-hydrogen) atoms. The molecule has 1 rings (SSSR count). The van der Waals surface area contributed by atoms with E-state index in [2.05, 4.69) is 10.6 Å². The van der Waals surface area contributed by atoms with Crippen molar-refractivity contribution >= 4 is 17.5 Å². The second-order valence-electron chi connectivity index (χ2n) is 5.31. The molecule has 98 valence electrons. The third kappa shape index (κ3) is 4.57. The van der Waals surface area contributed by atoms with Gasteiger partial charge in [0.05, 0.1) is 0 Å². The molecule has 4 heteroatoms. The van der Waals surface area contributed by atoms with Crippen molar-refractivity contribution in [1.82, 2.24) is 5.32 Å². The molecule has 2 amide bonds. The van der Waals surface area contributed by atoms with Gasteiger partial charge in [0, 0.05) is 24.6 Å². The molecule has 0 atom stereocenters. The molecule has 0 fully saturated rings. The Bertz CT molecular complexity index is 447. The van der Waals surface area contributed by atoms with Gasteiger partial charge in [-0.3, -0.25) is 9.59 Å². The second kappa shape index (κ2) is 5.67. The highest BCUT2D eigenvalue weighted by Crippen LogP contribution is 2.14. The number of hydrogen-bond donors (Lipinski definition) is 2. The van der Waals surface area contributed by atoms with E-state index in [0.29, 0.717) is 6.54 Å². The number of hydrogen-bond acceptors (Lipinski definition) is 2. The van der Waals surface area contributed by atoms with Crippen molar-refractivity contribution in [3.8, 4) is 0 Å². The average molecular weight is 248 g/mol. The van der Waals surface area contributed by atoms with Crippen molar-refractivity contribution < 1.29 is 9.59 Å². The largest absolute Gasteiger partial charge is 0.352 e. The van der Waals surface area contributed by atoms with Crippen LogP contribution in [0.1, 0.15) is 33.3 Å². The quantitative estimate of drug-likeness (QED) is 0.862. The molecule has 0 saturated carbocycles. The molecule has 2 N–H and O–H groups in total. The van der Waals surface area contributed by atoms with E-state index >= 15 is 0 Å². The highest BCUT2D eigenvalue weighted by molar-refractivity contribution is 5.88. The van der Waals surface area contributed by atoms with Crippen molar-refractivity contribution in [3.05, 3.63) is 29.8 Å². The Morgan fingerprint density at radius 2 is 1.89 bits per heavy atom. The standard InChI is InChI=1S/C14H20N2O2/c1-10(17)16-12-7-5-6-11(8-12)9-15-13(18)14(2,3)4/h5-8H,9H2,1-4H3,(H,15,18)(H,16,17). The van der Waals surface area contributed by atoms with E-state index in [1.807, 2.05) is 45.0 Å². The van der Waals surface area contributed by atoms with E-state index in [9.17, 15) is 9.59 Å². The minimum absolute atomic E-state index is 0.00688. The molecule has 0 heterocycles. The molecule has 4 nitrogen and oxygen atoms in total. The van der Waals surface area contributed by atoms with E-state index in [-0.39, 0.29) is 11.8 Å². The molecule has 0 aliphatic rings. The monoisotopic (exact) mass is 248 g/mol. The predicted molar refractivity (Wildman–Crippen MR) is 72.0 cm³/mol. The summed E-state index contributed by atoms with van der Waals surface area (Å²) in [5, 5.41) is 5.58. The van der Waals surface area contributed by atoms with Crippen LogP contribution in [0.15, 0.2) is 24.3 Å². The van der Waals surface area contributed by atoms with Crippen molar-refractivity contribution in [2.24, 2.45) is 5.41 Å². The Morgan fingerprint density at radius 1 is 1.22 bits per heavy atom. The summed E-state index contributed by atoms with van der Waals surface area (Å²) in [6.07, 6.45) is 0. The van der Waals surface area contributed by atoms with Crippen molar-refractivity contribution in [2.75, 3.05) is 5.32 Å². The lowest BCUT2D eigenvalue weighted by Crippen LogP contribution is -2.34. The van der Waals surface area contributed by atoms with Crippen LogP contribution in [0.25, 0.3) is 0 Å². The zero-order valence-corrected chi connectivity index (χ0v) is 11.3. The molecular weight excluding hydrogens is 228 g/mol. The molecule has 0 aliphatic carbocycles. The van der Waals surface area contributed by atoms with Gasteiger partial charge in [0.25, 0.3) is 0 Å². The van der Waals surface area contributed by atoms with Crippen LogP contribution in [0.4, 0.5) is 5.69 Å². The van der Waals surface area contributed by atoms with Crippen molar-refractivity contribution in [2.45, 2.75) is 34.2 Å². The summed E-state index contributed by atoms with van der Waals surface area (Å²) >= 11 is 0. The van der Waals surface area contributed by atoms with Gasteiger partial charge in [-0.05, 0) is 17.7 Å². The fourth-order valence-corrected chi connectivity index (χ4v) is 1.41. The second-order valence-corrected chi connectivity index (χ2v) is 5.31. The highest BCUT2D eigenvalue weighted by atomic mass is 16.2. The van der Waals surface area contributed by atoms with Crippen LogP contribution in [0.3, 0.4) is 0 Å². The topological polar surface area (TPSA) is 58.2 Å². The molecule has 1 aromatic rings. The minimum atomic E-state index is -0.394. The maximum absolute atomic E-state index is 11.7. The lowest BCUT2D eigenvalue weighted by Gasteiger charge is -2.17. The lowest BCUT2D eigenvalue weighted by atomic mass is 9.95. The normalized spacial score (nSPS) is 10.9. The summed E-state index contributed by atoms with van der Waals surface area (Å²) in [6, 6.07) is 7.43. The first-order valence-electron chi connectivity index (χ1n) is 5.94. The number of rotatable bonds is 3. The van der Waals surface area contributed by atoms with Gasteiger partial charge in [-0.25, -0.2) is 0 Å². The van der Waals surface area contributed by atoms with Gasteiger partial charge < -0.3 is 10.6 Å². The van der Waals surface area contributed by atoms with Crippen LogP contribution in [0.5, 0.6) is 0 Å². The van der Waals surface area contributed by atoms with Crippen LogP contribution in [-0.2, 0) is 16.1 Å². The van der Waals surface area contributed by atoms with Gasteiger partial charge >= 0.3 is 0 Å². The summed E-state index contributed by atoms with van der Waals surface area (Å²) in [6.45, 7) is 7.54. The molecule has 0 bridgehead atoms. The van der Waals surface area contributed by atoms with Gasteiger partial charge in [-0.2, -0.15) is 0 Å². The van der Waals surface area contributed by atoms with E-state index in [1.54, 1.807) is 0 Å². The average Bonchev–Trinajstić information content (AvgIpc) is 2.24. The maximum Gasteiger partial charge on any atom is 0.225 e. The molecule has 1 aromatic carbocycles. The number of benzene rings is 1. The Labute approximate surface area is 108 Å². The fourth-order valence-electron chi connectivity index (χ4n) is 1.41. The van der Waals surface area contributed by atoms with Gasteiger partial charge in [0.15, 0.2) is 0 Å². The molecular formula is C14H20N2O2. The molecule has 0 aromatic heterocycles. The maximum atomic E-state index is 11.7. The first kappa shape index (κ1) is 14.2. The number of carbonyl (C=O) groups is 2. The Balaban J connectivity index is 2.63. The van der Waals surface area contributed by atoms with Gasteiger partial charge in [-0.15, -0.1) is 0 Å². The van der Waals surface area contributed by atoms with Gasteiger partial charge in [-0.1, -0.05) is 32.9 Å². The van der Waals surface area contributed by atoms with E-state index in [4.69, 9.17) is 0 Å². The Morgan fingerprint density at radius 3 is 2.44 bits per heavy atom. The molecule has 0 saturated heterocycles. The molecule has 0 spiro atoms. The van der Waals surface area contributed by atoms with Crippen LogP contribution in [0, 0.1) is 5.41 Å².